The summed E-state index contributed by atoms with van der Waals surface area (Å²) >= 11 is 0. The molecule has 19 heteroatoms. The molecule has 0 bridgehead atoms. The van der Waals surface area contributed by atoms with E-state index in [2.05, 4.69) is 64.1 Å². The minimum atomic E-state index is -1.65. The number of hydrogen-bond donors (Lipinski definition) is 2. The summed E-state index contributed by atoms with van der Waals surface area (Å²) in [6.45, 7) is 28.3. The molecular formula is C56H75FN10O7Si. The van der Waals surface area contributed by atoms with E-state index < -0.39 is 48.9 Å². The van der Waals surface area contributed by atoms with Crippen LogP contribution in [0.3, 0.4) is 0 Å². The summed E-state index contributed by atoms with van der Waals surface area (Å²) in [4.78, 5) is 41.2. The molecule has 402 valence electrons. The van der Waals surface area contributed by atoms with Crippen molar-refractivity contribution in [3.05, 3.63) is 66.4 Å². The summed E-state index contributed by atoms with van der Waals surface area (Å²) in [7, 11) is -0.125. The Kier molecular flexibility index (Phi) is 16.3. The Bertz CT molecular complexity index is 3180. The van der Waals surface area contributed by atoms with E-state index in [4.69, 9.17) is 29.3 Å². The third-order valence-corrected chi connectivity index (χ3v) is 14.1. The lowest BCUT2D eigenvalue weighted by molar-refractivity contribution is 0.0296. The maximum Gasteiger partial charge on any atom is 0.437 e. The number of halogens is 1. The predicted molar refractivity (Wildman–Crippen MR) is 293 cm³/mol. The first kappa shape index (κ1) is 56.4. The number of anilines is 1. The Morgan fingerprint density at radius 3 is 2.08 bits per heavy atom. The molecule has 6 aromatic heterocycles. The SMILES string of the molecule is CCn1cc(-c2cnn(C(=O)OC(C)(C)C)c2N(C)C(=O)OC(C)(C)C)c2cc(C#CC(C)(C)O)nc(C(OCC[Si](C)(C)C)n3cc(-c4cn(C5CCN(CCF)CC5)c5cnc(C#CC(C)(C)O)cc45)cn3)c21. The van der Waals surface area contributed by atoms with E-state index in [1.807, 2.05) is 48.4 Å². The van der Waals surface area contributed by atoms with Gasteiger partial charge in [-0.25, -0.2) is 28.6 Å². The third-order valence-electron chi connectivity index (χ3n) is 12.4. The van der Waals surface area contributed by atoms with Crippen molar-refractivity contribution in [3.8, 4) is 45.9 Å². The van der Waals surface area contributed by atoms with Crippen molar-refractivity contribution in [2.24, 2.45) is 0 Å². The van der Waals surface area contributed by atoms with Gasteiger partial charge >= 0.3 is 12.2 Å². The normalized spacial score (nSPS) is 14.6. The molecule has 75 heavy (non-hydrogen) atoms. The Morgan fingerprint density at radius 2 is 1.48 bits per heavy atom. The molecule has 1 aliphatic heterocycles. The van der Waals surface area contributed by atoms with Crippen LogP contribution in [-0.2, 0) is 20.8 Å². The Balaban J connectivity index is 1.46. The number of piperidine rings is 1. The molecule has 0 aliphatic carbocycles. The van der Waals surface area contributed by atoms with Gasteiger partial charge in [0.05, 0.1) is 29.6 Å². The largest absolute Gasteiger partial charge is 0.443 e. The number of nitrogens with zero attached hydrogens (tertiary/aromatic N) is 10. The number of amides is 1. The number of carbonyl (C=O) groups is 2. The maximum absolute atomic E-state index is 13.9. The van der Waals surface area contributed by atoms with Crippen molar-refractivity contribution in [2.45, 2.75) is 156 Å². The van der Waals surface area contributed by atoms with Crippen molar-refractivity contribution in [1.82, 2.24) is 43.6 Å². The van der Waals surface area contributed by atoms with E-state index in [1.165, 1.54) is 18.1 Å². The quantitative estimate of drug-likeness (QED) is 0.0827. The van der Waals surface area contributed by atoms with Crippen LogP contribution in [0.15, 0.2) is 49.3 Å². The van der Waals surface area contributed by atoms with Crippen LogP contribution in [0.1, 0.15) is 118 Å². The lowest BCUT2D eigenvalue weighted by Crippen LogP contribution is -2.37. The molecule has 6 aromatic rings. The zero-order chi connectivity index (χ0) is 55.0. The molecule has 1 saturated heterocycles. The van der Waals surface area contributed by atoms with Gasteiger partial charge in [-0.1, -0.05) is 31.5 Å². The number of pyridine rings is 2. The first-order chi connectivity index (χ1) is 34.9. The Labute approximate surface area is 441 Å². The fourth-order valence-corrected chi connectivity index (χ4v) is 9.58. The van der Waals surface area contributed by atoms with Crippen LogP contribution in [0.2, 0.25) is 25.7 Å². The van der Waals surface area contributed by atoms with Crippen LogP contribution >= 0.6 is 0 Å². The summed E-state index contributed by atoms with van der Waals surface area (Å²) in [5, 5.41) is 32.5. The average molecular weight is 1050 g/mol. The van der Waals surface area contributed by atoms with E-state index in [0.717, 1.165) is 58.7 Å². The lowest BCUT2D eigenvalue weighted by atomic mass is 10.0. The number of aryl methyl sites for hydroxylation is 1. The van der Waals surface area contributed by atoms with E-state index in [-0.39, 0.29) is 18.5 Å². The maximum atomic E-state index is 13.9. The van der Waals surface area contributed by atoms with Gasteiger partial charge in [-0.15, -0.1) is 4.68 Å². The predicted octanol–water partition coefficient (Wildman–Crippen LogP) is 10.0. The molecular weight excluding hydrogens is 972 g/mol. The highest BCUT2D eigenvalue weighted by molar-refractivity contribution is 6.76. The first-order valence-electron chi connectivity index (χ1n) is 25.7. The summed E-state index contributed by atoms with van der Waals surface area (Å²) in [6, 6.07) is 4.75. The molecule has 0 radical (unpaired) electrons. The number of likely N-dealkylation sites (tertiary alicyclic amines) is 1. The minimum Gasteiger partial charge on any atom is -0.443 e. The number of alkyl halides is 1. The lowest BCUT2D eigenvalue weighted by Gasteiger charge is -2.32. The molecule has 1 aliphatic rings. The second kappa shape index (κ2) is 21.7. The van der Waals surface area contributed by atoms with Crippen LogP contribution in [-0.4, -0.2) is 136 Å². The van der Waals surface area contributed by atoms with Gasteiger partial charge < -0.3 is 38.5 Å². The van der Waals surface area contributed by atoms with E-state index in [9.17, 15) is 24.2 Å². The Morgan fingerprint density at radius 1 is 0.840 bits per heavy atom. The number of fused-ring (bicyclic) bond motifs is 2. The molecule has 1 atom stereocenters. The summed E-state index contributed by atoms with van der Waals surface area (Å²) in [5.74, 6) is 12.1. The second-order valence-corrected chi connectivity index (χ2v) is 29.2. The third kappa shape index (κ3) is 13.9. The minimum absolute atomic E-state index is 0.115. The molecule has 1 fully saturated rings. The number of rotatable bonds is 13. The zero-order valence-electron chi connectivity index (χ0n) is 46.4. The summed E-state index contributed by atoms with van der Waals surface area (Å²) in [5.41, 5.74) is 1.31. The Hall–Kier alpha value is -6.35. The summed E-state index contributed by atoms with van der Waals surface area (Å²) in [6.07, 6.45) is 10.4. The number of aromatic nitrogens is 8. The zero-order valence-corrected chi connectivity index (χ0v) is 47.4. The number of hydrogen-bond acceptors (Lipinski definition) is 12. The van der Waals surface area contributed by atoms with Gasteiger partial charge in [0.15, 0.2) is 12.0 Å². The first-order valence-corrected chi connectivity index (χ1v) is 29.4. The number of carbonyl (C=O) groups excluding carboxylic acids is 2. The van der Waals surface area contributed by atoms with Gasteiger partial charge in [0.1, 0.15) is 46.2 Å². The van der Waals surface area contributed by atoms with Gasteiger partial charge in [-0.05, 0) is 119 Å². The molecule has 7 heterocycles. The van der Waals surface area contributed by atoms with Crippen LogP contribution < -0.4 is 4.90 Å². The van der Waals surface area contributed by atoms with Gasteiger partial charge in [0.2, 0.25) is 0 Å². The molecule has 0 aromatic carbocycles. The second-order valence-electron chi connectivity index (χ2n) is 23.6. The highest BCUT2D eigenvalue weighted by atomic mass is 28.3. The van der Waals surface area contributed by atoms with Crippen molar-refractivity contribution < 1.29 is 38.4 Å². The van der Waals surface area contributed by atoms with Crippen LogP contribution in [0.5, 0.6) is 0 Å². The van der Waals surface area contributed by atoms with Gasteiger partial charge in [-0.2, -0.15) is 10.2 Å². The van der Waals surface area contributed by atoms with Crippen molar-refractivity contribution in [1.29, 1.82) is 0 Å². The van der Waals surface area contributed by atoms with Crippen LogP contribution in [0.4, 0.5) is 19.8 Å². The highest BCUT2D eigenvalue weighted by Gasteiger charge is 2.34. The van der Waals surface area contributed by atoms with Crippen molar-refractivity contribution in [3.63, 3.8) is 0 Å². The average Bonchev–Trinajstić information content (AvgIpc) is 4.11. The van der Waals surface area contributed by atoms with Gasteiger partial charge in [-0.3, -0.25) is 4.90 Å². The number of aliphatic hydroxyl groups is 2. The standard InChI is InChI=1S/C56H75FN10O7Si/c1-16-64-35-45(43-32-60-67(52(69)74-54(5,6)7)49(43)62(12)51(68)73-53(2,3)4)42-30-39(18-22-56(10,11)71)61-47(48(42)64)50(72-27-28-75(13,14)15)66-34-37(31-59-66)44-36-65(40-19-24-63(25-20-40)26-23-57)46-33-58-38(29-41(44)46)17-21-55(8,9)70/h29-36,40,50,70-71H,16,19-20,23-28H2,1-15H3. The smallest absolute Gasteiger partial charge is 0.437 e. The molecule has 0 saturated carbocycles. The molecule has 7 rings (SSSR count). The molecule has 1 unspecified atom stereocenters. The van der Waals surface area contributed by atoms with E-state index in [0.29, 0.717) is 58.8 Å². The molecule has 17 nitrogen and oxygen atoms in total. The fraction of sp³-hybridized carbons (Fsp3) is 0.536. The van der Waals surface area contributed by atoms with Gasteiger partial charge in [0.25, 0.3) is 0 Å². The van der Waals surface area contributed by atoms with Crippen molar-refractivity contribution >= 4 is 47.9 Å². The molecule has 1 amide bonds. The van der Waals surface area contributed by atoms with Crippen LogP contribution in [0, 0.1) is 23.7 Å². The summed E-state index contributed by atoms with van der Waals surface area (Å²) < 4.78 is 39.1. The monoisotopic (exact) mass is 1050 g/mol. The van der Waals surface area contributed by atoms with E-state index >= 15 is 0 Å². The van der Waals surface area contributed by atoms with Crippen molar-refractivity contribution in [2.75, 3.05) is 44.9 Å². The van der Waals surface area contributed by atoms with Gasteiger partial charge in [0, 0.05) is 106 Å². The number of ether oxygens (including phenoxy) is 3. The van der Waals surface area contributed by atoms with E-state index in [1.54, 1.807) is 73.9 Å². The fourth-order valence-electron chi connectivity index (χ4n) is 8.85. The molecule has 2 N–H and O–H groups in total. The highest BCUT2D eigenvalue weighted by Crippen LogP contribution is 2.42. The molecule has 0 spiro atoms. The van der Waals surface area contributed by atoms with Crippen LogP contribution in [0.25, 0.3) is 44.1 Å². The topological polar surface area (TPSA) is 180 Å².